The van der Waals surface area contributed by atoms with E-state index in [1.807, 2.05) is 12.1 Å². The minimum Gasteiger partial charge on any atom is -0.302 e. The SMILES string of the molecule is Cc1cccc(C2NCc3c(F)cccc32)c1. The Morgan fingerprint density at radius 2 is 2.00 bits per heavy atom. The fraction of sp³-hybridized carbons (Fsp3) is 0.200. The van der Waals surface area contributed by atoms with E-state index in [0.717, 1.165) is 11.1 Å². The van der Waals surface area contributed by atoms with E-state index < -0.39 is 0 Å². The first-order valence-corrected chi connectivity index (χ1v) is 5.83. The van der Waals surface area contributed by atoms with Crippen LogP contribution in [-0.4, -0.2) is 0 Å². The first-order valence-electron chi connectivity index (χ1n) is 5.83. The Hall–Kier alpha value is -1.67. The van der Waals surface area contributed by atoms with E-state index in [-0.39, 0.29) is 11.9 Å². The maximum atomic E-state index is 13.6. The molecule has 0 amide bonds. The van der Waals surface area contributed by atoms with Gasteiger partial charge in [0.2, 0.25) is 0 Å². The molecule has 1 aliphatic heterocycles. The Balaban J connectivity index is 2.07. The summed E-state index contributed by atoms with van der Waals surface area (Å²) in [4.78, 5) is 0. The van der Waals surface area contributed by atoms with Crippen molar-refractivity contribution < 1.29 is 4.39 Å². The van der Waals surface area contributed by atoms with Gasteiger partial charge in [-0.1, -0.05) is 42.0 Å². The van der Waals surface area contributed by atoms with Crippen molar-refractivity contribution in [2.24, 2.45) is 0 Å². The van der Waals surface area contributed by atoms with Crippen LogP contribution in [0.25, 0.3) is 0 Å². The summed E-state index contributed by atoms with van der Waals surface area (Å²) in [6.45, 7) is 2.69. The molecule has 17 heavy (non-hydrogen) atoms. The maximum absolute atomic E-state index is 13.6. The minimum absolute atomic E-state index is 0.106. The third kappa shape index (κ3) is 1.75. The lowest BCUT2D eigenvalue weighted by Crippen LogP contribution is -2.13. The van der Waals surface area contributed by atoms with E-state index >= 15 is 0 Å². The van der Waals surface area contributed by atoms with Gasteiger partial charge < -0.3 is 5.32 Å². The second-order valence-corrected chi connectivity index (χ2v) is 4.54. The normalized spacial score (nSPS) is 18.1. The number of rotatable bonds is 1. The van der Waals surface area contributed by atoms with Gasteiger partial charge in [0.05, 0.1) is 6.04 Å². The number of halogens is 1. The first-order chi connectivity index (χ1) is 8.25. The van der Waals surface area contributed by atoms with E-state index in [1.165, 1.54) is 17.2 Å². The van der Waals surface area contributed by atoms with Gasteiger partial charge in [-0.2, -0.15) is 0 Å². The van der Waals surface area contributed by atoms with Crippen molar-refractivity contribution in [3.8, 4) is 0 Å². The fourth-order valence-corrected chi connectivity index (χ4v) is 2.49. The molecular weight excluding hydrogens is 213 g/mol. The number of fused-ring (bicyclic) bond motifs is 1. The molecule has 0 aliphatic carbocycles. The van der Waals surface area contributed by atoms with Crippen LogP contribution in [0.4, 0.5) is 4.39 Å². The van der Waals surface area contributed by atoms with Gasteiger partial charge in [-0.05, 0) is 24.1 Å². The average Bonchev–Trinajstić information content (AvgIpc) is 2.74. The highest BCUT2D eigenvalue weighted by Crippen LogP contribution is 2.32. The molecule has 0 fully saturated rings. The summed E-state index contributed by atoms with van der Waals surface area (Å²) >= 11 is 0. The molecule has 0 bridgehead atoms. The Labute approximate surface area is 100 Å². The van der Waals surface area contributed by atoms with Crippen LogP contribution in [0.15, 0.2) is 42.5 Å². The predicted octanol–water partition coefficient (Wildman–Crippen LogP) is 3.33. The molecule has 1 heterocycles. The molecule has 0 saturated carbocycles. The van der Waals surface area contributed by atoms with E-state index in [0.29, 0.717) is 6.54 Å². The zero-order valence-electron chi connectivity index (χ0n) is 9.70. The van der Waals surface area contributed by atoms with Crippen molar-refractivity contribution in [3.05, 3.63) is 70.5 Å². The monoisotopic (exact) mass is 227 g/mol. The molecule has 0 saturated heterocycles. The summed E-state index contributed by atoms with van der Waals surface area (Å²) in [5.41, 5.74) is 4.30. The molecular formula is C15H14FN. The van der Waals surface area contributed by atoms with Gasteiger partial charge in [-0.15, -0.1) is 0 Å². The van der Waals surface area contributed by atoms with E-state index in [4.69, 9.17) is 0 Å². The molecule has 2 aromatic rings. The summed E-state index contributed by atoms with van der Waals surface area (Å²) in [6.07, 6.45) is 0. The Morgan fingerprint density at radius 1 is 1.18 bits per heavy atom. The van der Waals surface area contributed by atoms with E-state index in [9.17, 15) is 4.39 Å². The van der Waals surface area contributed by atoms with Crippen LogP contribution in [0.1, 0.15) is 28.3 Å². The predicted molar refractivity (Wildman–Crippen MR) is 66.3 cm³/mol. The van der Waals surface area contributed by atoms with Crippen LogP contribution >= 0.6 is 0 Å². The Morgan fingerprint density at radius 3 is 2.82 bits per heavy atom. The topological polar surface area (TPSA) is 12.0 Å². The average molecular weight is 227 g/mol. The lowest BCUT2D eigenvalue weighted by Gasteiger charge is -2.13. The quantitative estimate of drug-likeness (QED) is 0.788. The fourth-order valence-electron chi connectivity index (χ4n) is 2.49. The van der Waals surface area contributed by atoms with E-state index in [2.05, 4.69) is 30.4 Å². The van der Waals surface area contributed by atoms with E-state index in [1.54, 1.807) is 6.07 Å². The molecule has 2 aromatic carbocycles. The van der Waals surface area contributed by atoms with Gasteiger partial charge in [0.1, 0.15) is 5.82 Å². The van der Waals surface area contributed by atoms with Gasteiger partial charge in [-0.25, -0.2) is 4.39 Å². The molecule has 3 rings (SSSR count). The highest BCUT2D eigenvalue weighted by atomic mass is 19.1. The summed E-state index contributed by atoms with van der Waals surface area (Å²) in [5.74, 6) is -0.106. The molecule has 1 aliphatic rings. The lowest BCUT2D eigenvalue weighted by atomic mass is 9.97. The first kappa shape index (κ1) is 10.5. The van der Waals surface area contributed by atoms with Crippen LogP contribution in [0.3, 0.4) is 0 Å². The number of hydrogen-bond acceptors (Lipinski definition) is 1. The second kappa shape index (κ2) is 3.97. The smallest absolute Gasteiger partial charge is 0.128 e. The molecule has 1 unspecified atom stereocenters. The molecule has 0 aromatic heterocycles. The van der Waals surface area contributed by atoms with Crippen molar-refractivity contribution in [1.29, 1.82) is 0 Å². The second-order valence-electron chi connectivity index (χ2n) is 4.54. The number of aryl methyl sites for hydroxylation is 1. The number of benzene rings is 2. The molecule has 0 spiro atoms. The van der Waals surface area contributed by atoms with Crippen LogP contribution in [0, 0.1) is 12.7 Å². The van der Waals surface area contributed by atoms with Crippen LogP contribution in [0.2, 0.25) is 0 Å². The highest BCUT2D eigenvalue weighted by molar-refractivity contribution is 5.42. The van der Waals surface area contributed by atoms with Gasteiger partial charge in [0.25, 0.3) is 0 Å². The Bertz CT molecular complexity index is 563. The van der Waals surface area contributed by atoms with Crippen molar-refractivity contribution in [2.75, 3.05) is 0 Å². The third-order valence-corrected chi connectivity index (χ3v) is 3.32. The van der Waals surface area contributed by atoms with Gasteiger partial charge >= 0.3 is 0 Å². The number of hydrogen-bond donors (Lipinski definition) is 1. The van der Waals surface area contributed by atoms with Crippen LogP contribution < -0.4 is 5.32 Å². The van der Waals surface area contributed by atoms with Crippen LogP contribution in [-0.2, 0) is 6.54 Å². The molecule has 1 N–H and O–H groups in total. The third-order valence-electron chi connectivity index (χ3n) is 3.32. The zero-order valence-corrected chi connectivity index (χ0v) is 9.70. The van der Waals surface area contributed by atoms with Crippen molar-refractivity contribution >= 4 is 0 Å². The van der Waals surface area contributed by atoms with Crippen molar-refractivity contribution in [1.82, 2.24) is 5.32 Å². The molecule has 86 valence electrons. The summed E-state index contributed by atoms with van der Waals surface area (Å²) < 4.78 is 13.6. The summed E-state index contributed by atoms with van der Waals surface area (Å²) in [7, 11) is 0. The van der Waals surface area contributed by atoms with Gasteiger partial charge in [0, 0.05) is 12.1 Å². The van der Waals surface area contributed by atoms with Crippen molar-refractivity contribution in [2.45, 2.75) is 19.5 Å². The Kier molecular flexibility index (Phi) is 2.45. The summed E-state index contributed by atoms with van der Waals surface area (Å²) in [6, 6.07) is 13.8. The van der Waals surface area contributed by atoms with Crippen molar-refractivity contribution in [3.63, 3.8) is 0 Å². The highest BCUT2D eigenvalue weighted by Gasteiger charge is 2.25. The van der Waals surface area contributed by atoms with Gasteiger partial charge in [0.15, 0.2) is 0 Å². The van der Waals surface area contributed by atoms with Crippen LogP contribution in [0.5, 0.6) is 0 Å². The lowest BCUT2D eigenvalue weighted by molar-refractivity contribution is 0.604. The largest absolute Gasteiger partial charge is 0.302 e. The standard InChI is InChI=1S/C15H14FN/c1-10-4-2-5-11(8-10)15-12-6-3-7-14(16)13(12)9-17-15/h2-8,15,17H,9H2,1H3. The van der Waals surface area contributed by atoms with Gasteiger partial charge in [-0.3, -0.25) is 0 Å². The number of nitrogens with one attached hydrogen (secondary N) is 1. The minimum atomic E-state index is -0.106. The molecule has 1 nitrogen and oxygen atoms in total. The summed E-state index contributed by atoms with van der Waals surface area (Å²) in [5, 5.41) is 3.37. The molecule has 1 atom stereocenters. The molecule has 0 radical (unpaired) electrons. The molecule has 2 heteroatoms. The zero-order chi connectivity index (χ0) is 11.8. The maximum Gasteiger partial charge on any atom is 0.128 e.